The van der Waals surface area contributed by atoms with Crippen LogP contribution in [-0.2, 0) is 19.4 Å². The zero-order valence-electron chi connectivity index (χ0n) is 15.6. The monoisotopic (exact) mass is 403 g/mol. The van der Waals surface area contributed by atoms with Gasteiger partial charge in [0.05, 0.1) is 10.5 Å². The van der Waals surface area contributed by atoms with Gasteiger partial charge in [-0.05, 0) is 55.0 Å². The summed E-state index contributed by atoms with van der Waals surface area (Å²) in [5, 5.41) is 2.72. The maximum absolute atomic E-state index is 12.2. The molecule has 0 aliphatic rings. The lowest BCUT2D eigenvalue weighted by Crippen LogP contribution is -2.15. The second-order valence-electron chi connectivity index (χ2n) is 6.17. The van der Waals surface area contributed by atoms with Crippen molar-refractivity contribution in [1.29, 1.82) is 0 Å². The first-order chi connectivity index (χ1) is 13.2. The van der Waals surface area contributed by atoms with Crippen LogP contribution in [0.1, 0.15) is 40.5 Å². The maximum atomic E-state index is 12.2. The normalized spacial score (nSPS) is 10.9. The van der Waals surface area contributed by atoms with Crippen molar-refractivity contribution in [3.63, 3.8) is 0 Å². The van der Waals surface area contributed by atoms with Crippen LogP contribution in [0.5, 0.6) is 0 Å². The van der Waals surface area contributed by atoms with Crippen molar-refractivity contribution in [1.82, 2.24) is 0 Å². The fraction of sp³-hybridized carbons (Fsp3) is 0.250. The molecule has 2 aromatic carbocycles. The first kappa shape index (κ1) is 21.3. The van der Waals surface area contributed by atoms with E-state index in [0.717, 1.165) is 12.7 Å². The molecule has 0 unspecified atom stereocenters. The molecule has 28 heavy (non-hydrogen) atoms. The van der Waals surface area contributed by atoms with Gasteiger partial charge in [0.2, 0.25) is 5.91 Å². The highest BCUT2D eigenvalue weighted by molar-refractivity contribution is 7.90. The highest BCUT2D eigenvalue weighted by Gasteiger charge is 2.14. The van der Waals surface area contributed by atoms with Gasteiger partial charge in [0.15, 0.2) is 22.2 Å². The van der Waals surface area contributed by atoms with E-state index in [-0.39, 0.29) is 16.4 Å². The zero-order valence-corrected chi connectivity index (χ0v) is 16.4. The molecule has 7 nitrogen and oxygen atoms in total. The topological polar surface area (TPSA) is 107 Å². The second-order valence-corrected chi connectivity index (χ2v) is 8.19. The van der Waals surface area contributed by atoms with Crippen molar-refractivity contribution >= 4 is 33.2 Å². The highest BCUT2D eigenvalue weighted by Crippen LogP contribution is 2.13. The number of rotatable bonds is 8. The van der Waals surface area contributed by atoms with Gasteiger partial charge in [-0.25, -0.2) is 13.2 Å². The van der Waals surface area contributed by atoms with Crippen LogP contribution in [0.4, 0.5) is 5.69 Å². The Balaban J connectivity index is 1.92. The Bertz CT molecular complexity index is 963. The SMILES string of the molecule is CCCC(=O)Nc1ccc(C(=O)COC(=O)c2ccc(S(C)(=O)=O)cc2)cc1. The second kappa shape index (κ2) is 9.27. The largest absolute Gasteiger partial charge is 0.454 e. The minimum Gasteiger partial charge on any atom is -0.454 e. The Kier molecular flexibility index (Phi) is 7.06. The van der Waals surface area contributed by atoms with Gasteiger partial charge in [-0.1, -0.05) is 6.92 Å². The molecule has 0 saturated carbocycles. The molecule has 0 spiro atoms. The van der Waals surface area contributed by atoms with Gasteiger partial charge in [-0.3, -0.25) is 9.59 Å². The summed E-state index contributed by atoms with van der Waals surface area (Å²) in [6, 6.07) is 11.6. The van der Waals surface area contributed by atoms with Crippen molar-refractivity contribution in [3.05, 3.63) is 59.7 Å². The van der Waals surface area contributed by atoms with Gasteiger partial charge in [-0.15, -0.1) is 0 Å². The molecule has 0 fully saturated rings. The number of benzene rings is 2. The standard InChI is InChI=1S/C20H21NO6S/c1-3-4-19(23)21-16-9-5-14(6-10-16)18(22)13-27-20(24)15-7-11-17(12-8-15)28(2,25)26/h5-12H,3-4,13H2,1-2H3,(H,21,23). The van der Waals surface area contributed by atoms with Gasteiger partial charge in [0.25, 0.3) is 0 Å². The van der Waals surface area contributed by atoms with Crippen LogP contribution in [0, 0.1) is 0 Å². The molecule has 1 amide bonds. The summed E-state index contributed by atoms with van der Waals surface area (Å²) >= 11 is 0. The average Bonchev–Trinajstić information content (AvgIpc) is 2.66. The Morgan fingerprint density at radius 3 is 2.04 bits per heavy atom. The fourth-order valence-electron chi connectivity index (χ4n) is 2.33. The minimum atomic E-state index is -3.35. The summed E-state index contributed by atoms with van der Waals surface area (Å²) in [4.78, 5) is 35.8. The summed E-state index contributed by atoms with van der Waals surface area (Å²) in [6.07, 6.45) is 2.23. The number of sulfone groups is 1. The van der Waals surface area contributed by atoms with Crippen molar-refractivity contribution in [2.24, 2.45) is 0 Å². The summed E-state index contributed by atoms with van der Waals surface area (Å²) in [6.45, 7) is 1.46. The van der Waals surface area contributed by atoms with Crippen molar-refractivity contribution in [2.45, 2.75) is 24.7 Å². The van der Waals surface area contributed by atoms with Gasteiger partial charge in [0, 0.05) is 23.9 Å². The molecule has 0 heterocycles. The molecular weight excluding hydrogens is 382 g/mol. The van der Waals surface area contributed by atoms with E-state index in [2.05, 4.69) is 5.32 Å². The summed E-state index contributed by atoms with van der Waals surface area (Å²) in [5.74, 6) is -1.22. The van der Waals surface area contributed by atoms with Crippen LogP contribution >= 0.6 is 0 Å². The molecule has 1 N–H and O–H groups in total. The Morgan fingerprint density at radius 2 is 1.50 bits per heavy atom. The molecule has 2 aromatic rings. The molecular formula is C20H21NO6S. The van der Waals surface area contributed by atoms with E-state index in [4.69, 9.17) is 4.74 Å². The number of carbonyl (C=O) groups excluding carboxylic acids is 3. The molecule has 0 aromatic heterocycles. The van der Waals surface area contributed by atoms with Gasteiger partial charge in [-0.2, -0.15) is 0 Å². The van der Waals surface area contributed by atoms with E-state index in [9.17, 15) is 22.8 Å². The number of amides is 1. The van der Waals surface area contributed by atoms with Crippen LogP contribution in [0.25, 0.3) is 0 Å². The molecule has 0 radical (unpaired) electrons. The van der Waals surface area contributed by atoms with E-state index >= 15 is 0 Å². The summed E-state index contributed by atoms with van der Waals surface area (Å²) in [7, 11) is -3.35. The number of nitrogens with one attached hydrogen (secondary N) is 1. The summed E-state index contributed by atoms with van der Waals surface area (Å²) in [5.41, 5.74) is 1.07. The van der Waals surface area contributed by atoms with Crippen LogP contribution in [0.2, 0.25) is 0 Å². The fourth-order valence-corrected chi connectivity index (χ4v) is 2.96. The number of ketones is 1. The Hall–Kier alpha value is -3.00. The zero-order chi connectivity index (χ0) is 20.7. The third kappa shape index (κ3) is 6.02. The number of hydrogen-bond donors (Lipinski definition) is 1. The van der Waals surface area contributed by atoms with Gasteiger partial charge >= 0.3 is 5.97 Å². The Labute approximate surface area is 163 Å². The maximum Gasteiger partial charge on any atom is 0.338 e. The predicted molar refractivity (Wildman–Crippen MR) is 104 cm³/mol. The first-order valence-corrected chi connectivity index (χ1v) is 10.5. The molecule has 0 bridgehead atoms. The number of carbonyl (C=O) groups is 3. The van der Waals surface area contributed by atoms with E-state index < -0.39 is 28.2 Å². The molecule has 2 rings (SSSR count). The molecule has 0 aliphatic carbocycles. The molecule has 0 saturated heterocycles. The van der Waals surface area contributed by atoms with Crippen molar-refractivity contribution in [2.75, 3.05) is 18.2 Å². The third-order valence-electron chi connectivity index (χ3n) is 3.82. The van der Waals surface area contributed by atoms with Gasteiger partial charge in [0.1, 0.15) is 0 Å². The van der Waals surface area contributed by atoms with Crippen LogP contribution in [0.3, 0.4) is 0 Å². The number of esters is 1. The molecule has 8 heteroatoms. The summed E-state index contributed by atoms with van der Waals surface area (Å²) < 4.78 is 27.8. The van der Waals surface area contributed by atoms with E-state index in [1.54, 1.807) is 24.3 Å². The highest BCUT2D eigenvalue weighted by atomic mass is 32.2. The quantitative estimate of drug-likeness (QED) is 0.536. The van der Waals surface area contributed by atoms with Gasteiger partial charge < -0.3 is 10.1 Å². The lowest BCUT2D eigenvalue weighted by atomic mass is 10.1. The third-order valence-corrected chi connectivity index (χ3v) is 4.95. The first-order valence-electron chi connectivity index (χ1n) is 8.61. The average molecular weight is 403 g/mol. The lowest BCUT2D eigenvalue weighted by Gasteiger charge is -2.07. The number of hydrogen-bond acceptors (Lipinski definition) is 6. The predicted octanol–water partition coefficient (Wildman–Crippen LogP) is 2.87. The van der Waals surface area contributed by atoms with Crippen molar-refractivity contribution < 1.29 is 27.5 Å². The number of ether oxygens (including phenoxy) is 1. The van der Waals surface area contributed by atoms with E-state index in [1.807, 2.05) is 6.92 Å². The van der Waals surface area contributed by atoms with E-state index in [1.165, 1.54) is 24.3 Å². The molecule has 0 atom stereocenters. The van der Waals surface area contributed by atoms with Crippen LogP contribution in [-0.4, -0.2) is 38.9 Å². The Morgan fingerprint density at radius 1 is 0.929 bits per heavy atom. The van der Waals surface area contributed by atoms with Crippen LogP contribution in [0.15, 0.2) is 53.4 Å². The van der Waals surface area contributed by atoms with Crippen molar-refractivity contribution in [3.8, 4) is 0 Å². The van der Waals surface area contributed by atoms with Crippen LogP contribution < -0.4 is 5.32 Å². The smallest absolute Gasteiger partial charge is 0.338 e. The number of Topliss-reactive ketones (excluding diaryl/α,β-unsaturated/α-hetero) is 1. The number of anilines is 1. The molecule has 148 valence electrons. The van der Waals surface area contributed by atoms with E-state index in [0.29, 0.717) is 17.7 Å². The molecule has 0 aliphatic heterocycles. The minimum absolute atomic E-state index is 0.0891. The lowest BCUT2D eigenvalue weighted by molar-refractivity contribution is -0.116.